The van der Waals surface area contributed by atoms with Crippen LogP contribution in [0.15, 0.2) is 91.0 Å². The fourth-order valence-corrected chi connectivity index (χ4v) is 4.18. The van der Waals surface area contributed by atoms with Crippen molar-refractivity contribution in [2.24, 2.45) is 5.92 Å². The van der Waals surface area contributed by atoms with Gasteiger partial charge in [0.05, 0.1) is 18.3 Å². The molecule has 0 bridgehead atoms. The molecule has 2 aliphatic rings. The first kappa shape index (κ1) is 17.6. The lowest BCUT2D eigenvalue weighted by molar-refractivity contribution is -0.143. The molecule has 2 heterocycles. The fourth-order valence-electron chi connectivity index (χ4n) is 4.18. The van der Waals surface area contributed by atoms with Crippen molar-refractivity contribution in [3.63, 3.8) is 0 Å². The number of likely N-dealkylation sites (tertiary alicyclic amines) is 1. The molecule has 2 aliphatic heterocycles. The van der Waals surface area contributed by atoms with Crippen LogP contribution in [0.5, 0.6) is 0 Å². The highest BCUT2D eigenvalue weighted by Gasteiger charge is 2.59. The zero-order chi connectivity index (χ0) is 19.8. The van der Waals surface area contributed by atoms with E-state index in [0.717, 1.165) is 16.8 Å². The van der Waals surface area contributed by atoms with Gasteiger partial charge in [-0.3, -0.25) is 19.3 Å². The van der Waals surface area contributed by atoms with Crippen molar-refractivity contribution in [2.75, 3.05) is 5.06 Å². The highest BCUT2D eigenvalue weighted by molar-refractivity contribution is 6.07. The largest absolute Gasteiger partial charge is 0.275 e. The van der Waals surface area contributed by atoms with Crippen molar-refractivity contribution >= 4 is 17.5 Å². The van der Waals surface area contributed by atoms with Gasteiger partial charge in [-0.05, 0) is 23.3 Å². The van der Waals surface area contributed by atoms with Crippen LogP contribution in [-0.2, 0) is 21.0 Å². The van der Waals surface area contributed by atoms with Crippen molar-refractivity contribution in [3.05, 3.63) is 102 Å². The van der Waals surface area contributed by atoms with E-state index >= 15 is 0 Å². The normalized spacial score (nSPS) is 23.5. The number of hydrogen-bond donors (Lipinski definition) is 0. The van der Waals surface area contributed by atoms with Gasteiger partial charge in [0.2, 0.25) is 5.91 Å². The van der Waals surface area contributed by atoms with Gasteiger partial charge < -0.3 is 0 Å². The summed E-state index contributed by atoms with van der Waals surface area (Å²) in [5.74, 6) is -1.03. The Balaban J connectivity index is 1.52. The van der Waals surface area contributed by atoms with Gasteiger partial charge in [-0.2, -0.15) is 0 Å². The molecule has 5 nitrogen and oxygen atoms in total. The molecule has 0 saturated carbocycles. The van der Waals surface area contributed by atoms with E-state index in [1.807, 2.05) is 91.0 Å². The van der Waals surface area contributed by atoms with Gasteiger partial charge in [-0.15, -0.1) is 0 Å². The number of imide groups is 1. The SMILES string of the molecule is O=C1[C@@H]2[C@H](ON(c3ccccc3)[C@H]2c2ccccc2)C(=O)N1Cc1ccccc1. The molecule has 0 aromatic heterocycles. The number of hydroxylamine groups is 1. The number of carbonyl (C=O) groups excluding carboxylic acids is 2. The van der Waals surface area contributed by atoms with Crippen LogP contribution in [0.3, 0.4) is 0 Å². The van der Waals surface area contributed by atoms with Crippen molar-refractivity contribution in [3.8, 4) is 0 Å². The highest BCUT2D eigenvalue weighted by Crippen LogP contribution is 2.46. The maximum absolute atomic E-state index is 13.4. The second-order valence-electron chi connectivity index (χ2n) is 7.32. The summed E-state index contributed by atoms with van der Waals surface area (Å²) >= 11 is 0. The lowest BCUT2D eigenvalue weighted by atomic mass is 9.90. The van der Waals surface area contributed by atoms with Crippen LogP contribution in [0.4, 0.5) is 5.69 Å². The first-order valence-corrected chi connectivity index (χ1v) is 9.69. The van der Waals surface area contributed by atoms with E-state index in [-0.39, 0.29) is 24.4 Å². The smallest absolute Gasteiger partial charge is 0.262 e. The first-order chi connectivity index (χ1) is 14.2. The molecule has 0 spiro atoms. The van der Waals surface area contributed by atoms with Crippen LogP contribution < -0.4 is 5.06 Å². The average Bonchev–Trinajstić information content (AvgIpc) is 3.28. The van der Waals surface area contributed by atoms with Gasteiger partial charge in [0.1, 0.15) is 5.92 Å². The Kier molecular flexibility index (Phi) is 4.37. The number of rotatable bonds is 4. The predicted octanol–water partition coefficient (Wildman–Crippen LogP) is 3.73. The van der Waals surface area contributed by atoms with Crippen LogP contribution in [0.25, 0.3) is 0 Å². The quantitative estimate of drug-likeness (QED) is 0.643. The van der Waals surface area contributed by atoms with Gasteiger partial charge >= 0.3 is 0 Å². The minimum atomic E-state index is -0.809. The molecule has 3 aromatic rings. The average molecular weight is 384 g/mol. The van der Waals surface area contributed by atoms with Crippen LogP contribution >= 0.6 is 0 Å². The number of para-hydroxylation sites is 1. The van der Waals surface area contributed by atoms with E-state index in [9.17, 15) is 9.59 Å². The Labute approximate surface area is 169 Å². The second kappa shape index (κ2) is 7.18. The van der Waals surface area contributed by atoms with Crippen LogP contribution in [-0.4, -0.2) is 22.8 Å². The molecule has 0 unspecified atom stereocenters. The van der Waals surface area contributed by atoms with E-state index in [4.69, 9.17) is 4.84 Å². The van der Waals surface area contributed by atoms with Gasteiger partial charge in [0.25, 0.3) is 5.91 Å². The van der Waals surface area contributed by atoms with Crippen LogP contribution in [0, 0.1) is 5.92 Å². The maximum atomic E-state index is 13.4. The molecule has 0 N–H and O–H groups in total. The van der Waals surface area contributed by atoms with Gasteiger partial charge in [-0.25, -0.2) is 5.06 Å². The molecule has 0 aliphatic carbocycles. The summed E-state index contributed by atoms with van der Waals surface area (Å²) in [5, 5.41) is 1.72. The number of anilines is 1. The van der Waals surface area contributed by atoms with Crippen LogP contribution in [0.2, 0.25) is 0 Å². The summed E-state index contributed by atoms with van der Waals surface area (Å²) in [6.07, 6.45) is -0.809. The summed E-state index contributed by atoms with van der Waals surface area (Å²) < 4.78 is 0. The standard InChI is InChI=1S/C24H20N2O3/c27-23-20-21(18-12-6-2-7-13-18)26(19-14-8-3-9-15-19)29-22(20)24(28)25(23)16-17-10-4-1-5-11-17/h1-15,20-22H,16H2/t20-,21-,22-/m0/s1. The lowest BCUT2D eigenvalue weighted by Crippen LogP contribution is -2.36. The minimum Gasteiger partial charge on any atom is -0.275 e. The van der Waals surface area contributed by atoms with Gasteiger partial charge in [0.15, 0.2) is 6.10 Å². The summed E-state index contributed by atoms with van der Waals surface area (Å²) in [6, 6.07) is 28.6. The van der Waals surface area contributed by atoms with Crippen molar-refractivity contribution in [1.29, 1.82) is 0 Å². The predicted molar refractivity (Wildman–Crippen MR) is 108 cm³/mol. The molecule has 2 amide bonds. The van der Waals surface area contributed by atoms with E-state index in [0.29, 0.717) is 0 Å². The van der Waals surface area contributed by atoms with Crippen LogP contribution in [0.1, 0.15) is 17.2 Å². The third-order valence-electron chi connectivity index (χ3n) is 5.54. The molecule has 2 fully saturated rings. The molecule has 144 valence electrons. The molecule has 5 rings (SSSR count). The van der Waals surface area contributed by atoms with E-state index in [1.165, 1.54) is 4.90 Å². The van der Waals surface area contributed by atoms with Gasteiger partial charge in [-0.1, -0.05) is 78.9 Å². The van der Waals surface area contributed by atoms with Crippen molar-refractivity contribution in [1.82, 2.24) is 4.90 Å². The second-order valence-corrected chi connectivity index (χ2v) is 7.32. The molecule has 0 radical (unpaired) electrons. The number of amides is 2. The lowest BCUT2D eigenvalue weighted by Gasteiger charge is -2.28. The Bertz CT molecular complexity index is 1020. The van der Waals surface area contributed by atoms with E-state index < -0.39 is 12.0 Å². The molecule has 2 saturated heterocycles. The number of benzene rings is 3. The Hall–Kier alpha value is -3.44. The molecule has 3 atom stereocenters. The van der Waals surface area contributed by atoms with Crippen molar-refractivity contribution < 1.29 is 14.4 Å². The van der Waals surface area contributed by atoms with E-state index in [2.05, 4.69) is 0 Å². The highest BCUT2D eigenvalue weighted by atomic mass is 16.7. The Morgan fingerprint density at radius 3 is 1.97 bits per heavy atom. The topological polar surface area (TPSA) is 49.9 Å². The Morgan fingerprint density at radius 1 is 0.724 bits per heavy atom. The summed E-state index contributed by atoms with van der Waals surface area (Å²) in [7, 11) is 0. The molecular formula is C24H20N2O3. The number of nitrogens with zero attached hydrogens (tertiary/aromatic N) is 2. The fraction of sp³-hybridized carbons (Fsp3) is 0.167. The third kappa shape index (κ3) is 3.00. The first-order valence-electron chi connectivity index (χ1n) is 9.69. The van der Waals surface area contributed by atoms with Gasteiger partial charge in [0, 0.05) is 0 Å². The Morgan fingerprint density at radius 2 is 1.31 bits per heavy atom. The monoisotopic (exact) mass is 384 g/mol. The number of carbonyl (C=O) groups is 2. The maximum Gasteiger partial charge on any atom is 0.262 e. The zero-order valence-electron chi connectivity index (χ0n) is 15.7. The minimum absolute atomic E-state index is 0.184. The third-order valence-corrected chi connectivity index (χ3v) is 5.54. The summed E-state index contributed by atoms with van der Waals surface area (Å²) in [5.41, 5.74) is 2.70. The summed E-state index contributed by atoms with van der Waals surface area (Å²) in [4.78, 5) is 33.9. The van der Waals surface area contributed by atoms with E-state index in [1.54, 1.807) is 5.06 Å². The molecule has 5 heteroatoms. The van der Waals surface area contributed by atoms with Crippen molar-refractivity contribution in [2.45, 2.75) is 18.7 Å². The molecule has 3 aromatic carbocycles. The molecular weight excluding hydrogens is 364 g/mol. The summed E-state index contributed by atoms with van der Waals surface area (Å²) in [6.45, 7) is 0.266. The number of fused-ring (bicyclic) bond motifs is 1. The molecule has 29 heavy (non-hydrogen) atoms. The number of hydrogen-bond acceptors (Lipinski definition) is 4. The zero-order valence-corrected chi connectivity index (χ0v) is 15.7.